The predicted molar refractivity (Wildman–Crippen MR) is 89.7 cm³/mol. The molecule has 118 valence electrons. The molecule has 0 amide bonds. The Bertz CT molecular complexity index is 431. The molecule has 4 heteroatoms. The summed E-state index contributed by atoms with van der Waals surface area (Å²) >= 11 is 0. The molecule has 0 saturated carbocycles. The van der Waals surface area contributed by atoms with Crippen molar-refractivity contribution in [2.24, 2.45) is 5.92 Å². The van der Waals surface area contributed by atoms with Crippen molar-refractivity contribution >= 4 is 5.69 Å². The van der Waals surface area contributed by atoms with Crippen LogP contribution >= 0.6 is 0 Å². The van der Waals surface area contributed by atoms with Crippen molar-refractivity contribution in [3.05, 3.63) is 24.0 Å². The van der Waals surface area contributed by atoms with E-state index in [1.807, 2.05) is 6.20 Å². The van der Waals surface area contributed by atoms with E-state index in [4.69, 9.17) is 0 Å². The van der Waals surface area contributed by atoms with Crippen LogP contribution in [0.1, 0.15) is 32.4 Å². The van der Waals surface area contributed by atoms with E-state index >= 15 is 0 Å². The van der Waals surface area contributed by atoms with Crippen LogP contribution in [0.2, 0.25) is 0 Å². The Morgan fingerprint density at radius 1 is 1.43 bits per heavy atom. The summed E-state index contributed by atoms with van der Waals surface area (Å²) < 4.78 is 0. The van der Waals surface area contributed by atoms with Gasteiger partial charge in [-0.25, -0.2) is 0 Å². The van der Waals surface area contributed by atoms with E-state index in [2.05, 4.69) is 60.2 Å². The normalized spacial score (nSPS) is 19.0. The fourth-order valence-electron chi connectivity index (χ4n) is 3.02. The Balaban J connectivity index is 1.99. The molecule has 4 nitrogen and oxygen atoms in total. The topological polar surface area (TPSA) is 31.4 Å². The maximum Gasteiger partial charge on any atom is 0.0562 e. The van der Waals surface area contributed by atoms with Crippen LogP contribution in [0.4, 0.5) is 5.69 Å². The standard InChI is InChI=1S/C17H30N4/c1-14(2)11-18-12-15-10-16(7-8-19-15)21-9-5-6-17(21)13-20(3)4/h7-8,10,14,17-18H,5-6,9,11-13H2,1-4H3. The Kier molecular flexibility index (Phi) is 6.00. The minimum Gasteiger partial charge on any atom is -0.367 e. The molecule has 1 aromatic rings. The summed E-state index contributed by atoms with van der Waals surface area (Å²) in [6, 6.07) is 5.04. The number of aromatic nitrogens is 1. The second-order valence-electron chi connectivity index (χ2n) is 6.78. The van der Waals surface area contributed by atoms with E-state index < -0.39 is 0 Å². The first-order chi connectivity index (χ1) is 10.1. The first kappa shape index (κ1) is 16.2. The van der Waals surface area contributed by atoms with Crippen LogP contribution in [0.15, 0.2) is 18.3 Å². The van der Waals surface area contributed by atoms with E-state index in [1.165, 1.54) is 25.1 Å². The lowest BCUT2D eigenvalue weighted by Gasteiger charge is -2.29. The minimum absolute atomic E-state index is 0.638. The molecule has 2 heterocycles. The van der Waals surface area contributed by atoms with E-state index in [-0.39, 0.29) is 0 Å². The van der Waals surface area contributed by atoms with Gasteiger partial charge in [-0.2, -0.15) is 0 Å². The predicted octanol–water partition coefficient (Wildman–Crippen LogP) is 2.36. The lowest BCUT2D eigenvalue weighted by molar-refractivity contribution is 0.372. The highest BCUT2D eigenvalue weighted by atomic mass is 15.2. The molecule has 1 fully saturated rings. The van der Waals surface area contributed by atoms with Gasteiger partial charge in [-0.3, -0.25) is 4.98 Å². The SMILES string of the molecule is CC(C)CNCc1cc(N2CCCC2CN(C)C)ccn1. The third kappa shape index (κ3) is 4.97. The number of nitrogens with zero attached hydrogens (tertiary/aromatic N) is 3. The quantitative estimate of drug-likeness (QED) is 0.835. The van der Waals surface area contributed by atoms with Crippen molar-refractivity contribution in [1.82, 2.24) is 15.2 Å². The minimum atomic E-state index is 0.638. The van der Waals surface area contributed by atoms with Gasteiger partial charge in [0, 0.05) is 37.6 Å². The summed E-state index contributed by atoms with van der Waals surface area (Å²) in [6.07, 6.45) is 4.54. The van der Waals surface area contributed by atoms with Crippen LogP contribution in [0.3, 0.4) is 0 Å². The zero-order valence-electron chi connectivity index (χ0n) is 14.0. The molecule has 0 radical (unpaired) electrons. The van der Waals surface area contributed by atoms with Gasteiger partial charge in [0.2, 0.25) is 0 Å². The van der Waals surface area contributed by atoms with E-state index in [0.717, 1.165) is 25.3 Å². The molecule has 0 bridgehead atoms. The van der Waals surface area contributed by atoms with Gasteiger partial charge in [-0.15, -0.1) is 0 Å². The summed E-state index contributed by atoms with van der Waals surface area (Å²) in [6.45, 7) is 8.65. The second kappa shape index (κ2) is 7.76. The van der Waals surface area contributed by atoms with Crippen LogP contribution < -0.4 is 10.2 Å². The van der Waals surface area contributed by atoms with Gasteiger partial charge in [0.25, 0.3) is 0 Å². The molecule has 21 heavy (non-hydrogen) atoms. The molecule has 0 aromatic carbocycles. The summed E-state index contributed by atoms with van der Waals surface area (Å²) in [5.41, 5.74) is 2.47. The molecule has 0 aliphatic carbocycles. The Labute approximate surface area is 129 Å². The lowest BCUT2D eigenvalue weighted by Crippen LogP contribution is -2.37. The van der Waals surface area contributed by atoms with E-state index in [0.29, 0.717) is 12.0 Å². The van der Waals surface area contributed by atoms with Crippen molar-refractivity contribution < 1.29 is 0 Å². The number of anilines is 1. The molecule has 0 spiro atoms. The molecule has 1 atom stereocenters. The number of pyridine rings is 1. The van der Waals surface area contributed by atoms with Gasteiger partial charge < -0.3 is 15.1 Å². The number of rotatable bonds is 7. The first-order valence-electron chi connectivity index (χ1n) is 8.13. The van der Waals surface area contributed by atoms with E-state index in [9.17, 15) is 0 Å². The highest BCUT2D eigenvalue weighted by molar-refractivity contribution is 5.48. The molecule has 1 N–H and O–H groups in total. The molecular formula is C17H30N4. The highest BCUT2D eigenvalue weighted by Crippen LogP contribution is 2.26. The fourth-order valence-corrected chi connectivity index (χ4v) is 3.02. The third-order valence-corrected chi connectivity index (χ3v) is 3.94. The zero-order chi connectivity index (χ0) is 15.2. The monoisotopic (exact) mass is 290 g/mol. The second-order valence-corrected chi connectivity index (χ2v) is 6.78. The average Bonchev–Trinajstić information content (AvgIpc) is 2.86. The van der Waals surface area contributed by atoms with E-state index in [1.54, 1.807) is 0 Å². The van der Waals surface area contributed by atoms with Crippen molar-refractivity contribution in [2.45, 2.75) is 39.3 Å². The van der Waals surface area contributed by atoms with Crippen LogP contribution in [-0.4, -0.2) is 49.7 Å². The van der Waals surface area contributed by atoms with Gasteiger partial charge in [-0.1, -0.05) is 13.8 Å². The van der Waals surface area contributed by atoms with Gasteiger partial charge in [0.05, 0.1) is 5.69 Å². The summed E-state index contributed by atoms with van der Waals surface area (Å²) in [5, 5.41) is 3.47. The smallest absolute Gasteiger partial charge is 0.0562 e. The fraction of sp³-hybridized carbons (Fsp3) is 0.706. The highest BCUT2D eigenvalue weighted by Gasteiger charge is 2.25. The maximum atomic E-state index is 4.49. The molecule has 1 unspecified atom stereocenters. The summed E-state index contributed by atoms with van der Waals surface area (Å²) in [7, 11) is 4.31. The third-order valence-electron chi connectivity index (χ3n) is 3.94. The number of likely N-dealkylation sites (N-methyl/N-ethyl adjacent to an activating group) is 1. The molecular weight excluding hydrogens is 260 g/mol. The van der Waals surface area contributed by atoms with Crippen LogP contribution in [0.5, 0.6) is 0 Å². The zero-order valence-corrected chi connectivity index (χ0v) is 14.0. The Morgan fingerprint density at radius 3 is 2.95 bits per heavy atom. The van der Waals surface area contributed by atoms with Crippen molar-refractivity contribution in [3.63, 3.8) is 0 Å². The molecule has 1 aliphatic heterocycles. The largest absolute Gasteiger partial charge is 0.367 e. The van der Waals surface area contributed by atoms with Gasteiger partial charge >= 0.3 is 0 Å². The Hall–Kier alpha value is -1.13. The van der Waals surface area contributed by atoms with Crippen molar-refractivity contribution in [2.75, 3.05) is 38.6 Å². The van der Waals surface area contributed by atoms with Gasteiger partial charge in [0.1, 0.15) is 0 Å². The number of hydrogen-bond acceptors (Lipinski definition) is 4. The summed E-state index contributed by atoms with van der Waals surface area (Å²) in [4.78, 5) is 9.33. The molecule has 1 aliphatic rings. The van der Waals surface area contributed by atoms with Crippen LogP contribution in [0.25, 0.3) is 0 Å². The maximum absolute atomic E-state index is 4.49. The van der Waals surface area contributed by atoms with Crippen molar-refractivity contribution in [3.8, 4) is 0 Å². The summed E-state index contributed by atoms with van der Waals surface area (Å²) in [5.74, 6) is 0.677. The van der Waals surface area contributed by atoms with Crippen LogP contribution in [-0.2, 0) is 6.54 Å². The molecule has 1 aromatic heterocycles. The van der Waals surface area contributed by atoms with Crippen molar-refractivity contribution in [1.29, 1.82) is 0 Å². The lowest BCUT2D eigenvalue weighted by atomic mass is 10.2. The Morgan fingerprint density at radius 2 is 2.24 bits per heavy atom. The van der Waals surface area contributed by atoms with Gasteiger partial charge in [-0.05, 0) is 51.5 Å². The number of hydrogen-bond donors (Lipinski definition) is 1. The van der Waals surface area contributed by atoms with Crippen LogP contribution in [0, 0.1) is 5.92 Å². The first-order valence-corrected chi connectivity index (χ1v) is 8.13. The molecule has 1 saturated heterocycles. The average molecular weight is 290 g/mol. The molecule has 2 rings (SSSR count). The number of nitrogens with one attached hydrogen (secondary N) is 1. The van der Waals surface area contributed by atoms with Gasteiger partial charge in [0.15, 0.2) is 0 Å².